The Morgan fingerprint density at radius 2 is 1.74 bits per heavy atom. The van der Waals surface area contributed by atoms with E-state index in [4.69, 9.17) is 5.73 Å². The third-order valence-corrected chi connectivity index (χ3v) is 3.73. The molecule has 0 heterocycles. The molecular weight excluding hydrogens is 290 g/mol. The summed E-state index contributed by atoms with van der Waals surface area (Å²) in [5.41, 5.74) is 6.91. The Labute approximate surface area is 139 Å². The first-order valence-electron chi connectivity index (χ1n) is 8.05. The molecule has 5 nitrogen and oxygen atoms in total. The summed E-state index contributed by atoms with van der Waals surface area (Å²) in [7, 11) is 0. The zero-order valence-corrected chi connectivity index (χ0v) is 14.6. The van der Waals surface area contributed by atoms with Crippen molar-refractivity contribution in [2.45, 2.75) is 40.2 Å². The molecule has 0 aromatic heterocycles. The number of rotatable bonds is 8. The molecule has 5 heteroatoms. The fourth-order valence-electron chi connectivity index (χ4n) is 2.20. The van der Waals surface area contributed by atoms with Crippen molar-refractivity contribution in [2.24, 2.45) is 17.1 Å². The molecule has 1 aromatic rings. The SMILES string of the molecule is CC(C)[C@H](N)C(=O)NCC(=O)NCC(C)(C)Cc1ccccc1. The number of carbonyl (C=O) groups excluding carboxylic acids is 2. The molecule has 0 fully saturated rings. The predicted molar refractivity (Wildman–Crippen MR) is 92.8 cm³/mol. The molecule has 0 bridgehead atoms. The molecule has 0 aliphatic carbocycles. The molecule has 0 unspecified atom stereocenters. The van der Waals surface area contributed by atoms with Crippen LogP contribution in [-0.4, -0.2) is 30.9 Å². The summed E-state index contributed by atoms with van der Waals surface area (Å²) in [5, 5.41) is 5.45. The first kappa shape index (κ1) is 19.2. The Hall–Kier alpha value is -1.88. The van der Waals surface area contributed by atoms with Crippen LogP contribution < -0.4 is 16.4 Å². The van der Waals surface area contributed by atoms with Gasteiger partial charge in [0.2, 0.25) is 11.8 Å². The Balaban J connectivity index is 2.36. The normalized spacial score (nSPS) is 12.8. The van der Waals surface area contributed by atoms with Crippen molar-refractivity contribution in [2.75, 3.05) is 13.1 Å². The number of nitrogens with one attached hydrogen (secondary N) is 2. The summed E-state index contributed by atoms with van der Waals surface area (Å²) in [6, 6.07) is 9.59. The topological polar surface area (TPSA) is 84.2 Å². The maximum atomic E-state index is 11.9. The molecule has 4 N–H and O–H groups in total. The van der Waals surface area contributed by atoms with Gasteiger partial charge in [-0.15, -0.1) is 0 Å². The minimum Gasteiger partial charge on any atom is -0.354 e. The van der Waals surface area contributed by atoms with Crippen LogP contribution in [0.25, 0.3) is 0 Å². The first-order valence-corrected chi connectivity index (χ1v) is 8.05. The van der Waals surface area contributed by atoms with Gasteiger partial charge in [-0.3, -0.25) is 9.59 Å². The third kappa shape index (κ3) is 7.28. The van der Waals surface area contributed by atoms with E-state index in [9.17, 15) is 9.59 Å². The van der Waals surface area contributed by atoms with Crippen molar-refractivity contribution >= 4 is 11.8 Å². The predicted octanol–water partition coefficient (Wildman–Crippen LogP) is 1.47. The lowest BCUT2D eigenvalue weighted by Crippen LogP contribution is -2.48. The van der Waals surface area contributed by atoms with E-state index < -0.39 is 6.04 Å². The standard InChI is InChI=1S/C18H29N3O2/c1-13(2)16(19)17(23)20-11-15(22)21-12-18(3,4)10-14-8-6-5-7-9-14/h5-9,13,16H,10-12,19H2,1-4H3,(H,20,23)(H,21,22)/t16-/m0/s1. The van der Waals surface area contributed by atoms with Gasteiger partial charge in [-0.1, -0.05) is 58.0 Å². The zero-order chi connectivity index (χ0) is 17.5. The monoisotopic (exact) mass is 319 g/mol. The van der Waals surface area contributed by atoms with Crippen LogP contribution in [0.4, 0.5) is 0 Å². The summed E-state index contributed by atoms with van der Waals surface area (Å²) >= 11 is 0. The lowest BCUT2D eigenvalue weighted by atomic mass is 9.85. The molecule has 0 saturated heterocycles. The highest BCUT2D eigenvalue weighted by atomic mass is 16.2. The fourth-order valence-corrected chi connectivity index (χ4v) is 2.20. The maximum Gasteiger partial charge on any atom is 0.239 e. The molecule has 1 rings (SSSR count). The van der Waals surface area contributed by atoms with E-state index in [0.29, 0.717) is 6.54 Å². The summed E-state index contributed by atoms with van der Waals surface area (Å²) in [6.07, 6.45) is 0.874. The Morgan fingerprint density at radius 1 is 1.13 bits per heavy atom. The van der Waals surface area contributed by atoms with Gasteiger partial charge in [0.1, 0.15) is 0 Å². The summed E-state index contributed by atoms with van der Waals surface area (Å²) in [6.45, 7) is 8.46. The highest BCUT2D eigenvalue weighted by Gasteiger charge is 2.21. The molecule has 0 aliphatic heterocycles. The quantitative estimate of drug-likeness (QED) is 0.678. The van der Waals surface area contributed by atoms with Crippen LogP contribution in [0.1, 0.15) is 33.3 Å². The third-order valence-electron chi connectivity index (χ3n) is 3.73. The van der Waals surface area contributed by atoms with Crippen molar-refractivity contribution in [1.82, 2.24) is 10.6 Å². The molecular formula is C18H29N3O2. The number of hydrogen-bond acceptors (Lipinski definition) is 3. The number of carbonyl (C=O) groups is 2. The van der Waals surface area contributed by atoms with Crippen LogP contribution in [-0.2, 0) is 16.0 Å². The van der Waals surface area contributed by atoms with Gasteiger partial charge in [-0.2, -0.15) is 0 Å². The van der Waals surface area contributed by atoms with Gasteiger partial charge in [-0.05, 0) is 23.3 Å². The van der Waals surface area contributed by atoms with Crippen molar-refractivity contribution < 1.29 is 9.59 Å². The van der Waals surface area contributed by atoms with E-state index in [1.54, 1.807) is 0 Å². The Kier molecular flexibility index (Phi) is 7.23. The smallest absolute Gasteiger partial charge is 0.239 e. The van der Waals surface area contributed by atoms with Crippen molar-refractivity contribution in [3.8, 4) is 0 Å². The van der Waals surface area contributed by atoms with Crippen LogP contribution in [0.5, 0.6) is 0 Å². The first-order chi connectivity index (χ1) is 10.7. The molecule has 1 aromatic carbocycles. The fraction of sp³-hybridized carbons (Fsp3) is 0.556. The Morgan fingerprint density at radius 3 is 2.30 bits per heavy atom. The molecule has 23 heavy (non-hydrogen) atoms. The molecule has 2 amide bonds. The van der Waals surface area contributed by atoms with Crippen molar-refractivity contribution in [1.29, 1.82) is 0 Å². The van der Waals surface area contributed by atoms with Gasteiger partial charge < -0.3 is 16.4 Å². The molecule has 0 aliphatic rings. The minimum atomic E-state index is -0.586. The van der Waals surface area contributed by atoms with Crippen LogP contribution >= 0.6 is 0 Å². The molecule has 128 valence electrons. The minimum absolute atomic E-state index is 0.0410. The molecule has 1 atom stereocenters. The van der Waals surface area contributed by atoms with E-state index in [1.165, 1.54) is 5.56 Å². The Bertz CT molecular complexity index is 512. The number of benzene rings is 1. The van der Waals surface area contributed by atoms with E-state index in [2.05, 4.69) is 36.6 Å². The second-order valence-corrected chi connectivity index (χ2v) is 7.09. The second kappa shape index (κ2) is 8.67. The highest BCUT2D eigenvalue weighted by Crippen LogP contribution is 2.20. The summed E-state index contributed by atoms with van der Waals surface area (Å²) < 4.78 is 0. The zero-order valence-electron chi connectivity index (χ0n) is 14.6. The van der Waals surface area contributed by atoms with Crippen molar-refractivity contribution in [3.05, 3.63) is 35.9 Å². The number of hydrogen-bond donors (Lipinski definition) is 3. The van der Waals surface area contributed by atoms with Gasteiger partial charge in [0, 0.05) is 6.54 Å². The van der Waals surface area contributed by atoms with Gasteiger partial charge in [0.25, 0.3) is 0 Å². The van der Waals surface area contributed by atoms with E-state index in [-0.39, 0.29) is 29.7 Å². The van der Waals surface area contributed by atoms with E-state index >= 15 is 0 Å². The molecule has 0 spiro atoms. The largest absolute Gasteiger partial charge is 0.354 e. The van der Waals surface area contributed by atoms with E-state index in [1.807, 2.05) is 32.0 Å². The van der Waals surface area contributed by atoms with Gasteiger partial charge in [-0.25, -0.2) is 0 Å². The molecule has 0 saturated carbocycles. The van der Waals surface area contributed by atoms with Crippen LogP contribution in [0.3, 0.4) is 0 Å². The highest BCUT2D eigenvalue weighted by molar-refractivity contribution is 5.87. The molecule has 0 radical (unpaired) electrons. The van der Waals surface area contributed by atoms with Gasteiger partial charge >= 0.3 is 0 Å². The van der Waals surface area contributed by atoms with Crippen LogP contribution in [0.2, 0.25) is 0 Å². The average molecular weight is 319 g/mol. The lowest BCUT2D eigenvalue weighted by Gasteiger charge is -2.25. The summed E-state index contributed by atoms with van der Waals surface area (Å²) in [4.78, 5) is 23.6. The summed E-state index contributed by atoms with van der Waals surface area (Å²) in [5.74, 6) is -0.447. The maximum absolute atomic E-state index is 11.9. The van der Waals surface area contributed by atoms with Gasteiger partial charge in [0.15, 0.2) is 0 Å². The number of amides is 2. The second-order valence-electron chi connectivity index (χ2n) is 7.09. The lowest BCUT2D eigenvalue weighted by molar-refractivity contribution is -0.127. The van der Waals surface area contributed by atoms with E-state index in [0.717, 1.165) is 6.42 Å². The van der Waals surface area contributed by atoms with Crippen molar-refractivity contribution in [3.63, 3.8) is 0 Å². The number of nitrogens with two attached hydrogens (primary N) is 1. The average Bonchev–Trinajstić information content (AvgIpc) is 2.50. The van der Waals surface area contributed by atoms with Crippen LogP contribution in [0.15, 0.2) is 30.3 Å². The van der Waals surface area contributed by atoms with Crippen LogP contribution in [0, 0.1) is 11.3 Å². The van der Waals surface area contributed by atoms with Gasteiger partial charge in [0.05, 0.1) is 12.6 Å².